The van der Waals surface area contributed by atoms with Crippen molar-refractivity contribution in [1.82, 2.24) is 10.2 Å². The highest BCUT2D eigenvalue weighted by Crippen LogP contribution is 2.23. The van der Waals surface area contributed by atoms with Crippen LogP contribution in [0, 0.1) is 0 Å². The predicted molar refractivity (Wildman–Crippen MR) is 80.2 cm³/mol. The number of nitrogens with one attached hydrogen (secondary N) is 1. The van der Waals surface area contributed by atoms with Gasteiger partial charge in [-0.05, 0) is 33.6 Å². The van der Waals surface area contributed by atoms with E-state index < -0.39 is 23.6 Å². The molecule has 0 unspecified atom stereocenters. The third kappa shape index (κ3) is 5.91. The van der Waals surface area contributed by atoms with Gasteiger partial charge < -0.3 is 19.7 Å². The topological polar surface area (TPSA) is 84.9 Å². The Bertz CT molecular complexity index is 411. The average Bonchev–Trinajstić information content (AvgIpc) is 2.93. The molecular formula is C15H26N2O5. The number of amides is 2. The van der Waals surface area contributed by atoms with E-state index in [9.17, 15) is 14.4 Å². The number of hydrogen-bond donors (Lipinski definition) is 1. The fourth-order valence-corrected chi connectivity index (χ4v) is 2.46. The molecule has 1 aliphatic rings. The van der Waals surface area contributed by atoms with Gasteiger partial charge in [-0.1, -0.05) is 12.8 Å². The lowest BCUT2D eigenvalue weighted by Gasteiger charge is -2.28. The van der Waals surface area contributed by atoms with Gasteiger partial charge in [0.25, 0.3) is 0 Å². The molecule has 0 aromatic rings. The first kappa shape index (κ1) is 18.3. The third-order valence-corrected chi connectivity index (χ3v) is 3.41. The molecule has 0 bridgehead atoms. The van der Waals surface area contributed by atoms with Gasteiger partial charge in [0, 0.05) is 19.1 Å². The van der Waals surface area contributed by atoms with Crippen molar-refractivity contribution < 1.29 is 23.9 Å². The van der Waals surface area contributed by atoms with Gasteiger partial charge in [-0.3, -0.25) is 4.79 Å². The Hall–Kier alpha value is -1.79. The van der Waals surface area contributed by atoms with Crippen molar-refractivity contribution in [2.24, 2.45) is 0 Å². The van der Waals surface area contributed by atoms with Crippen LogP contribution in [0.15, 0.2) is 0 Å². The van der Waals surface area contributed by atoms with E-state index in [0.717, 1.165) is 25.7 Å². The molecule has 1 aliphatic carbocycles. The minimum Gasteiger partial charge on any atom is -0.462 e. The van der Waals surface area contributed by atoms with Gasteiger partial charge in [0.15, 0.2) is 0 Å². The molecule has 22 heavy (non-hydrogen) atoms. The van der Waals surface area contributed by atoms with Gasteiger partial charge in [-0.2, -0.15) is 0 Å². The van der Waals surface area contributed by atoms with E-state index in [1.165, 1.54) is 12.0 Å². The first-order chi connectivity index (χ1) is 10.2. The van der Waals surface area contributed by atoms with Gasteiger partial charge in [0.2, 0.25) is 0 Å². The van der Waals surface area contributed by atoms with Crippen LogP contribution < -0.4 is 5.32 Å². The Morgan fingerprint density at radius 2 is 1.77 bits per heavy atom. The van der Waals surface area contributed by atoms with E-state index in [0.29, 0.717) is 0 Å². The second-order valence-corrected chi connectivity index (χ2v) is 6.36. The summed E-state index contributed by atoms with van der Waals surface area (Å²) in [5.74, 6) is -1.52. The first-order valence-corrected chi connectivity index (χ1v) is 7.60. The SMILES string of the molecule is COC(=O)C(=O)N(CCNC(=O)OC(C)(C)C)C1CCCC1. The Kier molecular flexibility index (Phi) is 6.64. The smallest absolute Gasteiger partial charge is 0.407 e. The third-order valence-electron chi connectivity index (χ3n) is 3.41. The van der Waals surface area contributed by atoms with Crippen LogP contribution in [-0.4, -0.2) is 54.7 Å². The Balaban J connectivity index is 2.53. The van der Waals surface area contributed by atoms with Crippen molar-refractivity contribution in [2.75, 3.05) is 20.2 Å². The summed E-state index contributed by atoms with van der Waals surface area (Å²) in [6, 6.07) is 0.0343. The zero-order chi connectivity index (χ0) is 16.8. The largest absolute Gasteiger partial charge is 0.462 e. The zero-order valence-electron chi connectivity index (χ0n) is 13.8. The first-order valence-electron chi connectivity index (χ1n) is 7.60. The summed E-state index contributed by atoms with van der Waals surface area (Å²) >= 11 is 0. The van der Waals surface area contributed by atoms with Gasteiger partial charge in [-0.25, -0.2) is 9.59 Å². The van der Waals surface area contributed by atoms with Crippen molar-refractivity contribution >= 4 is 18.0 Å². The quantitative estimate of drug-likeness (QED) is 0.627. The lowest BCUT2D eigenvalue weighted by atomic mass is 10.2. The van der Waals surface area contributed by atoms with Crippen LogP contribution in [0.4, 0.5) is 4.79 Å². The molecule has 0 aromatic heterocycles. The summed E-state index contributed by atoms with van der Waals surface area (Å²) in [6.07, 6.45) is 3.28. The molecule has 0 spiro atoms. The molecule has 0 saturated heterocycles. The number of hydrogen-bond acceptors (Lipinski definition) is 5. The number of methoxy groups -OCH3 is 1. The van der Waals surface area contributed by atoms with Crippen LogP contribution in [0.5, 0.6) is 0 Å². The lowest BCUT2D eigenvalue weighted by molar-refractivity contribution is -0.159. The highest BCUT2D eigenvalue weighted by Gasteiger charge is 2.31. The van der Waals surface area contributed by atoms with Crippen LogP contribution >= 0.6 is 0 Å². The molecule has 0 radical (unpaired) electrons. The van der Waals surface area contributed by atoms with E-state index in [-0.39, 0.29) is 19.1 Å². The van der Waals surface area contributed by atoms with E-state index in [4.69, 9.17) is 4.74 Å². The second-order valence-electron chi connectivity index (χ2n) is 6.36. The van der Waals surface area contributed by atoms with Crippen LogP contribution in [-0.2, 0) is 19.1 Å². The molecule has 7 nitrogen and oxygen atoms in total. The van der Waals surface area contributed by atoms with Crippen molar-refractivity contribution in [1.29, 1.82) is 0 Å². The maximum Gasteiger partial charge on any atom is 0.407 e. The van der Waals surface area contributed by atoms with E-state index in [2.05, 4.69) is 10.1 Å². The normalized spacial score (nSPS) is 15.3. The molecule has 0 heterocycles. The molecule has 1 fully saturated rings. The molecule has 7 heteroatoms. The van der Waals surface area contributed by atoms with Crippen LogP contribution in [0.25, 0.3) is 0 Å². The number of rotatable bonds is 4. The molecule has 126 valence electrons. The number of alkyl carbamates (subject to hydrolysis) is 1. The van der Waals surface area contributed by atoms with E-state index in [1.807, 2.05) is 0 Å². The fraction of sp³-hybridized carbons (Fsp3) is 0.800. The molecule has 0 aromatic carbocycles. The Morgan fingerprint density at radius 1 is 1.18 bits per heavy atom. The van der Waals surface area contributed by atoms with Gasteiger partial charge in [0.05, 0.1) is 7.11 Å². The Morgan fingerprint density at radius 3 is 2.27 bits per heavy atom. The summed E-state index contributed by atoms with van der Waals surface area (Å²) < 4.78 is 9.63. The maximum absolute atomic E-state index is 12.1. The standard InChI is InChI=1S/C15H26N2O5/c1-15(2,3)22-14(20)16-9-10-17(11-7-5-6-8-11)12(18)13(19)21-4/h11H,5-10H2,1-4H3,(H,16,20). The monoisotopic (exact) mass is 314 g/mol. The molecule has 1 rings (SSSR count). The van der Waals surface area contributed by atoms with Crippen molar-refractivity contribution in [2.45, 2.75) is 58.1 Å². The summed E-state index contributed by atoms with van der Waals surface area (Å²) in [7, 11) is 1.19. The lowest BCUT2D eigenvalue weighted by Crippen LogP contribution is -2.47. The van der Waals surface area contributed by atoms with Gasteiger partial charge in [0.1, 0.15) is 5.60 Å². The van der Waals surface area contributed by atoms with Crippen LogP contribution in [0.3, 0.4) is 0 Å². The maximum atomic E-state index is 12.1. The average molecular weight is 314 g/mol. The van der Waals surface area contributed by atoms with Crippen LogP contribution in [0.1, 0.15) is 46.5 Å². The minimum atomic E-state index is -0.871. The van der Waals surface area contributed by atoms with Gasteiger partial charge in [-0.15, -0.1) is 0 Å². The summed E-state index contributed by atoms with van der Waals surface area (Å²) in [4.78, 5) is 36.6. The van der Waals surface area contributed by atoms with E-state index >= 15 is 0 Å². The predicted octanol–water partition coefficient (Wildman–Crippen LogP) is 1.46. The highest BCUT2D eigenvalue weighted by molar-refractivity contribution is 6.32. The molecule has 1 N–H and O–H groups in total. The summed E-state index contributed by atoms with van der Waals surface area (Å²) in [5, 5.41) is 2.60. The summed E-state index contributed by atoms with van der Waals surface area (Å²) in [5.41, 5.74) is -0.572. The number of ether oxygens (including phenoxy) is 2. The van der Waals surface area contributed by atoms with Crippen molar-refractivity contribution in [3.8, 4) is 0 Å². The number of carbonyl (C=O) groups is 3. The Labute approximate surface area is 131 Å². The molecule has 0 atom stereocenters. The van der Waals surface area contributed by atoms with Gasteiger partial charge >= 0.3 is 18.0 Å². The molecule has 1 saturated carbocycles. The minimum absolute atomic E-state index is 0.0343. The molecule has 0 aliphatic heterocycles. The second kappa shape index (κ2) is 8.00. The molecule has 2 amide bonds. The van der Waals surface area contributed by atoms with Crippen molar-refractivity contribution in [3.05, 3.63) is 0 Å². The molecular weight excluding hydrogens is 288 g/mol. The number of nitrogens with zero attached hydrogens (tertiary/aromatic N) is 1. The highest BCUT2D eigenvalue weighted by atomic mass is 16.6. The fourth-order valence-electron chi connectivity index (χ4n) is 2.46. The number of carbonyl (C=O) groups excluding carboxylic acids is 3. The van der Waals surface area contributed by atoms with Crippen molar-refractivity contribution in [3.63, 3.8) is 0 Å². The zero-order valence-corrected chi connectivity index (χ0v) is 13.8. The number of esters is 1. The summed E-state index contributed by atoms with van der Waals surface area (Å²) in [6.45, 7) is 5.82. The van der Waals surface area contributed by atoms with E-state index in [1.54, 1.807) is 20.8 Å². The van der Waals surface area contributed by atoms with Crippen LogP contribution in [0.2, 0.25) is 0 Å².